The summed E-state index contributed by atoms with van der Waals surface area (Å²) in [6.45, 7) is 5.89. The van der Waals surface area contributed by atoms with E-state index in [4.69, 9.17) is 9.94 Å². The van der Waals surface area contributed by atoms with Gasteiger partial charge in [-0.2, -0.15) is 0 Å². The number of methoxy groups -OCH3 is 1. The smallest absolute Gasteiger partial charge is 0.309 e. The first-order chi connectivity index (χ1) is 6.95. The number of carbonyl (C=O) groups excluding carboxylic acids is 1. The van der Waals surface area contributed by atoms with Crippen molar-refractivity contribution in [1.29, 1.82) is 0 Å². The number of nitrogens with zero attached hydrogens (tertiary/aromatic N) is 1. The Kier molecular flexibility index (Phi) is 3.17. The Bertz CT molecular complexity index is 318. The van der Waals surface area contributed by atoms with E-state index in [9.17, 15) is 4.79 Å². The van der Waals surface area contributed by atoms with E-state index in [0.29, 0.717) is 0 Å². The first-order valence-corrected chi connectivity index (χ1v) is 4.88. The summed E-state index contributed by atoms with van der Waals surface area (Å²) in [5.41, 5.74) is 0.791. The van der Waals surface area contributed by atoms with Crippen molar-refractivity contribution in [3.63, 3.8) is 0 Å². The van der Waals surface area contributed by atoms with Crippen LogP contribution in [0.25, 0.3) is 0 Å². The fourth-order valence-electron chi connectivity index (χ4n) is 1.98. The molecule has 0 saturated heterocycles. The van der Waals surface area contributed by atoms with Gasteiger partial charge < -0.3 is 9.94 Å². The Hall–Kier alpha value is -1.32. The zero-order valence-corrected chi connectivity index (χ0v) is 9.52. The summed E-state index contributed by atoms with van der Waals surface area (Å²) >= 11 is 0. The molecule has 1 saturated carbocycles. The minimum atomic E-state index is -0.171. The van der Waals surface area contributed by atoms with Crippen LogP contribution in [0.15, 0.2) is 16.8 Å². The largest absolute Gasteiger partial charge is 0.469 e. The molecule has 0 bridgehead atoms. The van der Waals surface area contributed by atoms with E-state index in [0.717, 1.165) is 5.57 Å². The summed E-state index contributed by atoms with van der Waals surface area (Å²) < 4.78 is 4.73. The Morgan fingerprint density at radius 2 is 2.13 bits per heavy atom. The second-order valence-electron chi connectivity index (χ2n) is 4.50. The molecule has 0 aliphatic heterocycles. The van der Waals surface area contributed by atoms with Crippen molar-refractivity contribution < 1.29 is 14.7 Å². The predicted molar refractivity (Wildman–Crippen MR) is 56.8 cm³/mol. The maximum Gasteiger partial charge on any atom is 0.309 e. The predicted octanol–water partition coefficient (Wildman–Crippen LogP) is 1.84. The number of oxime groups is 1. The third kappa shape index (κ3) is 2.19. The van der Waals surface area contributed by atoms with Gasteiger partial charge in [0, 0.05) is 0 Å². The van der Waals surface area contributed by atoms with E-state index in [1.165, 1.54) is 13.3 Å². The van der Waals surface area contributed by atoms with Crippen LogP contribution in [-0.2, 0) is 9.53 Å². The van der Waals surface area contributed by atoms with Crippen LogP contribution in [0.5, 0.6) is 0 Å². The molecule has 1 N–H and O–H groups in total. The van der Waals surface area contributed by atoms with Crippen molar-refractivity contribution in [2.75, 3.05) is 7.11 Å². The van der Waals surface area contributed by atoms with Crippen LogP contribution in [0.3, 0.4) is 0 Å². The van der Waals surface area contributed by atoms with Gasteiger partial charge in [0.1, 0.15) is 0 Å². The number of allylic oxidation sites excluding steroid dienone is 2. The summed E-state index contributed by atoms with van der Waals surface area (Å²) in [7, 11) is 1.40. The van der Waals surface area contributed by atoms with Crippen LogP contribution in [0.1, 0.15) is 20.8 Å². The van der Waals surface area contributed by atoms with Gasteiger partial charge in [0.15, 0.2) is 0 Å². The molecule has 0 heterocycles. The highest BCUT2D eigenvalue weighted by Crippen LogP contribution is 2.59. The van der Waals surface area contributed by atoms with Gasteiger partial charge in [-0.05, 0) is 23.8 Å². The van der Waals surface area contributed by atoms with Gasteiger partial charge in [-0.1, -0.05) is 25.1 Å². The van der Waals surface area contributed by atoms with E-state index < -0.39 is 0 Å². The first-order valence-electron chi connectivity index (χ1n) is 4.88. The average Bonchev–Trinajstić information content (AvgIpc) is 2.67. The number of esters is 1. The molecule has 1 rings (SSSR count). The molecule has 4 nitrogen and oxygen atoms in total. The van der Waals surface area contributed by atoms with Crippen LogP contribution in [0.2, 0.25) is 0 Å². The molecule has 4 heteroatoms. The van der Waals surface area contributed by atoms with Crippen LogP contribution in [-0.4, -0.2) is 24.5 Å². The number of carbonyl (C=O) groups is 1. The molecule has 84 valence electrons. The lowest BCUT2D eigenvalue weighted by molar-refractivity contribution is -0.143. The summed E-state index contributed by atoms with van der Waals surface area (Å²) in [6, 6.07) is 0. The van der Waals surface area contributed by atoms with Gasteiger partial charge in [0.05, 0.1) is 19.2 Å². The van der Waals surface area contributed by atoms with Crippen LogP contribution < -0.4 is 0 Å². The zero-order valence-electron chi connectivity index (χ0n) is 9.52. The van der Waals surface area contributed by atoms with Gasteiger partial charge in [0.25, 0.3) is 0 Å². The van der Waals surface area contributed by atoms with Gasteiger partial charge in [0.2, 0.25) is 0 Å². The highest BCUT2D eigenvalue weighted by atomic mass is 16.5. The van der Waals surface area contributed by atoms with Crippen LogP contribution in [0, 0.1) is 17.3 Å². The van der Waals surface area contributed by atoms with Gasteiger partial charge in [-0.3, -0.25) is 4.79 Å². The molecule has 0 spiro atoms. The number of ether oxygens (including phenoxy) is 1. The van der Waals surface area contributed by atoms with Gasteiger partial charge >= 0.3 is 5.97 Å². The maximum atomic E-state index is 11.4. The normalized spacial score (nSPS) is 29.2. The van der Waals surface area contributed by atoms with E-state index in [1.807, 2.05) is 26.8 Å². The first kappa shape index (κ1) is 11.8. The third-order valence-corrected chi connectivity index (χ3v) is 3.07. The van der Waals surface area contributed by atoms with E-state index >= 15 is 0 Å². The monoisotopic (exact) mass is 211 g/mol. The molecular weight excluding hydrogens is 194 g/mol. The van der Waals surface area contributed by atoms with Crippen molar-refractivity contribution in [1.82, 2.24) is 0 Å². The quantitative estimate of drug-likeness (QED) is 0.335. The second-order valence-corrected chi connectivity index (χ2v) is 4.50. The van der Waals surface area contributed by atoms with Crippen molar-refractivity contribution in [3.8, 4) is 0 Å². The average molecular weight is 211 g/mol. The highest BCUT2D eigenvalue weighted by molar-refractivity contribution is 5.80. The molecule has 1 aliphatic rings. The Balaban J connectivity index is 2.75. The van der Waals surface area contributed by atoms with Crippen molar-refractivity contribution in [2.24, 2.45) is 22.4 Å². The minimum Gasteiger partial charge on any atom is -0.469 e. The van der Waals surface area contributed by atoms with Crippen molar-refractivity contribution in [3.05, 3.63) is 11.6 Å². The minimum absolute atomic E-state index is 0.0579. The van der Waals surface area contributed by atoms with E-state index in [-0.39, 0.29) is 23.2 Å². The molecule has 0 unspecified atom stereocenters. The molecule has 1 fully saturated rings. The number of rotatable bonds is 3. The molecule has 0 aromatic rings. The van der Waals surface area contributed by atoms with E-state index in [1.54, 1.807) is 0 Å². The summed E-state index contributed by atoms with van der Waals surface area (Å²) in [6.07, 6.45) is 3.31. The van der Waals surface area contributed by atoms with E-state index in [2.05, 4.69) is 5.16 Å². The molecule has 1 aliphatic carbocycles. The second kappa shape index (κ2) is 4.04. The molecule has 15 heavy (non-hydrogen) atoms. The maximum absolute atomic E-state index is 11.4. The number of hydrogen-bond acceptors (Lipinski definition) is 4. The lowest BCUT2D eigenvalue weighted by Gasteiger charge is -1.99. The summed E-state index contributed by atoms with van der Waals surface area (Å²) in [5, 5.41) is 11.3. The van der Waals surface area contributed by atoms with Crippen LogP contribution in [0.4, 0.5) is 0 Å². The third-order valence-electron chi connectivity index (χ3n) is 3.07. The summed E-state index contributed by atoms with van der Waals surface area (Å²) in [5.74, 6) is -0.0810. The fourth-order valence-corrected chi connectivity index (χ4v) is 1.98. The standard InChI is InChI=1S/C11H17NO3/c1-7(6-12-14)5-8-9(10(13)15-4)11(8,2)3/h5-6,8-9,14H,1-4H3/b7-5+,12-6?/t8-,9+/m0/s1. The summed E-state index contributed by atoms with van der Waals surface area (Å²) in [4.78, 5) is 11.4. The van der Waals surface area contributed by atoms with Crippen molar-refractivity contribution >= 4 is 12.2 Å². The Morgan fingerprint density at radius 3 is 2.60 bits per heavy atom. The Labute approximate surface area is 89.6 Å². The molecule has 0 amide bonds. The molecule has 0 aromatic heterocycles. The molecule has 2 atom stereocenters. The van der Waals surface area contributed by atoms with Gasteiger partial charge in [-0.25, -0.2) is 0 Å². The molecule has 0 radical (unpaired) electrons. The fraction of sp³-hybridized carbons (Fsp3) is 0.636. The van der Waals surface area contributed by atoms with Crippen LogP contribution >= 0.6 is 0 Å². The number of hydrogen-bond donors (Lipinski definition) is 1. The Morgan fingerprint density at radius 1 is 1.53 bits per heavy atom. The topological polar surface area (TPSA) is 58.9 Å². The molecule has 0 aromatic carbocycles. The molecular formula is C11H17NO3. The van der Waals surface area contributed by atoms with Crippen molar-refractivity contribution in [2.45, 2.75) is 20.8 Å². The van der Waals surface area contributed by atoms with Gasteiger partial charge in [-0.15, -0.1) is 0 Å². The highest BCUT2D eigenvalue weighted by Gasteiger charge is 2.61. The lowest BCUT2D eigenvalue weighted by atomic mass is 10.1. The zero-order chi connectivity index (χ0) is 11.6. The lowest BCUT2D eigenvalue weighted by Crippen LogP contribution is -2.07. The SMILES string of the molecule is COC(=O)[C@H]1[C@H](/C=C(\C)C=NO)C1(C)C.